The Balaban J connectivity index is 1.73. The number of carboxylic acid groups (broad SMARTS) is 1. The summed E-state index contributed by atoms with van der Waals surface area (Å²) < 4.78 is 1.79. The second kappa shape index (κ2) is 9.82. The minimum absolute atomic E-state index is 0.143. The largest absolute Gasteiger partial charge is 0.481 e. The van der Waals surface area contributed by atoms with Crippen molar-refractivity contribution in [2.75, 3.05) is 6.54 Å². The van der Waals surface area contributed by atoms with Crippen LogP contribution in [-0.2, 0) is 11.3 Å². The Morgan fingerprint density at radius 1 is 1.10 bits per heavy atom. The standard InChI is InChI=1S/C22H26N4O3/c1-2-26-21-18(15-24-26)17(14-19(25-21)16-10-6-5-7-11-16)22(29)23-13-9-4-3-8-12-20(27)28/h5-7,10-11,14-15H,2-4,8-9,12-13H2,1H3,(H,23,29)(H,27,28). The molecule has 7 heteroatoms. The van der Waals surface area contributed by atoms with Crippen molar-refractivity contribution in [3.63, 3.8) is 0 Å². The van der Waals surface area contributed by atoms with Gasteiger partial charge < -0.3 is 10.4 Å². The summed E-state index contributed by atoms with van der Waals surface area (Å²) in [5, 5.41) is 16.7. The zero-order chi connectivity index (χ0) is 20.6. The quantitative estimate of drug-likeness (QED) is 0.509. The normalized spacial score (nSPS) is 10.9. The second-order valence-corrected chi connectivity index (χ2v) is 6.93. The molecule has 2 N–H and O–H groups in total. The molecule has 0 spiro atoms. The number of hydrogen-bond acceptors (Lipinski definition) is 4. The van der Waals surface area contributed by atoms with E-state index in [1.807, 2.05) is 43.3 Å². The minimum atomic E-state index is -0.762. The van der Waals surface area contributed by atoms with Crippen molar-refractivity contribution in [3.8, 4) is 11.3 Å². The predicted octanol–water partition coefficient (Wildman–Crippen LogP) is 3.88. The number of carboxylic acids is 1. The first kappa shape index (κ1) is 20.5. The third-order valence-electron chi connectivity index (χ3n) is 4.83. The molecule has 0 radical (unpaired) electrons. The number of unbranched alkanes of at least 4 members (excludes halogenated alkanes) is 3. The molecule has 152 valence electrons. The van der Waals surface area contributed by atoms with E-state index in [2.05, 4.69) is 10.4 Å². The van der Waals surface area contributed by atoms with Crippen LogP contribution in [0.3, 0.4) is 0 Å². The third kappa shape index (κ3) is 5.19. The number of fused-ring (bicyclic) bond motifs is 1. The van der Waals surface area contributed by atoms with Crippen LogP contribution in [-0.4, -0.2) is 38.3 Å². The minimum Gasteiger partial charge on any atom is -0.481 e. The average molecular weight is 394 g/mol. The van der Waals surface area contributed by atoms with Crippen LogP contribution in [0, 0.1) is 0 Å². The van der Waals surface area contributed by atoms with Crippen molar-refractivity contribution in [1.82, 2.24) is 20.1 Å². The van der Waals surface area contributed by atoms with E-state index in [9.17, 15) is 9.59 Å². The average Bonchev–Trinajstić information content (AvgIpc) is 3.15. The number of nitrogens with one attached hydrogen (secondary N) is 1. The molecule has 0 atom stereocenters. The lowest BCUT2D eigenvalue weighted by molar-refractivity contribution is -0.137. The molecular weight excluding hydrogens is 368 g/mol. The van der Waals surface area contributed by atoms with Crippen LogP contribution < -0.4 is 5.32 Å². The van der Waals surface area contributed by atoms with Crippen molar-refractivity contribution < 1.29 is 14.7 Å². The molecule has 2 aromatic heterocycles. The topological polar surface area (TPSA) is 97.1 Å². The van der Waals surface area contributed by atoms with Gasteiger partial charge in [0.15, 0.2) is 5.65 Å². The number of carbonyl (C=O) groups excluding carboxylic acids is 1. The summed E-state index contributed by atoms with van der Waals surface area (Å²) in [6.45, 7) is 3.22. The smallest absolute Gasteiger partial charge is 0.303 e. The van der Waals surface area contributed by atoms with Crippen LogP contribution in [0.1, 0.15) is 49.4 Å². The molecule has 3 rings (SSSR count). The van der Waals surface area contributed by atoms with Crippen LogP contribution >= 0.6 is 0 Å². The number of aryl methyl sites for hydroxylation is 1. The Labute approximate surface area is 169 Å². The summed E-state index contributed by atoms with van der Waals surface area (Å²) in [5.74, 6) is -0.905. The number of pyridine rings is 1. The maximum Gasteiger partial charge on any atom is 0.303 e. The van der Waals surface area contributed by atoms with E-state index in [1.165, 1.54) is 0 Å². The molecule has 0 saturated heterocycles. The molecule has 1 aromatic carbocycles. The number of amides is 1. The molecular formula is C22H26N4O3. The van der Waals surface area contributed by atoms with Gasteiger partial charge in [0, 0.05) is 25.1 Å². The van der Waals surface area contributed by atoms with Gasteiger partial charge in [0.25, 0.3) is 5.91 Å². The highest BCUT2D eigenvalue weighted by atomic mass is 16.4. The van der Waals surface area contributed by atoms with Crippen LogP contribution in [0.5, 0.6) is 0 Å². The first-order valence-corrected chi connectivity index (χ1v) is 10.0. The summed E-state index contributed by atoms with van der Waals surface area (Å²) in [6, 6.07) is 11.6. The van der Waals surface area contributed by atoms with E-state index in [1.54, 1.807) is 10.9 Å². The fourth-order valence-corrected chi connectivity index (χ4v) is 3.28. The van der Waals surface area contributed by atoms with Gasteiger partial charge in [0.1, 0.15) is 0 Å². The van der Waals surface area contributed by atoms with Gasteiger partial charge in [-0.1, -0.05) is 43.2 Å². The molecule has 0 bridgehead atoms. The van der Waals surface area contributed by atoms with E-state index >= 15 is 0 Å². The molecule has 0 aliphatic heterocycles. The van der Waals surface area contributed by atoms with E-state index < -0.39 is 5.97 Å². The molecule has 0 aliphatic carbocycles. The lowest BCUT2D eigenvalue weighted by atomic mass is 10.1. The summed E-state index contributed by atoms with van der Waals surface area (Å²) in [7, 11) is 0. The zero-order valence-corrected chi connectivity index (χ0v) is 16.6. The number of rotatable bonds is 10. The Morgan fingerprint density at radius 2 is 1.86 bits per heavy atom. The molecule has 0 aliphatic rings. The van der Waals surface area contributed by atoms with Gasteiger partial charge in [0.05, 0.1) is 22.8 Å². The Hall–Kier alpha value is -3.22. The number of benzene rings is 1. The molecule has 0 unspecified atom stereocenters. The second-order valence-electron chi connectivity index (χ2n) is 6.93. The van der Waals surface area contributed by atoms with E-state index in [0.717, 1.165) is 35.9 Å². The molecule has 2 heterocycles. The summed E-state index contributed by atoms with van der Waals surface area (Å²) in [5.41, 5.74) is 2.96. The van der Waals surface area contributed by atoms with Crippen molar-refractivity contribution in [2.24, 2.45) is 0 Å². The zero-order valence-electron chi connectivity index (χ0n) is 16.6. The Bertz CT molecular complexity index is 982. The number of carbonyl (C=O) groups is 2. The lowest BCUT2D eigenvalue weighted by Gasteiger charge is -2.09. The van der Waals surface area contributed by atoms with E-state index in [0.29, 0.717) is 30.7 Å². The number of aliphatic carboxylic acids is 1. The molecule has 29 heavy (non-hydrogen) atoms. The highest BCUT2D eigenvalue weighted by molar-refractivity contribution is 6.06. The van der Waals surface area contributed by atoms with Gasteiger partial charge in [-0.3, -0.25) is 9.59 Å². The van der Waals surface area contributed by atoms with Gasteiger partial charge >= 0.3 is 5.97 Å². The number of aromatic nitrogens is 3. The lowest BCUT2D eigenvalue weighted by Crippen LogP contribution is -2.24. The SMILES string of the molecule is CCn1ncc2c(C(=O)NCCCCCCC(=O)O)cc(-c3ccccc3)nc21. The summed E-state index contributed by atoms with van der Waals surface area (Å²) in [4.78, 5) is 28.1. The number of nitrogens with zero attached hydrogens (tertiary/aromatic N) is 3. The van der Waals surface area contributed by atoms with Gasteiger partial charge in [-0.25, -0.2) is 9.67 Å². The fraction of sp³-hybridized carbons (Fsp3) is 0.364. The van der Waals surface area contributed by atoms with Crippen LogP contribution in [0.2, 0.25) is 0 Å². The van der Waals surface area contributed by atoms with Crippen LogP contribution in [0.25, 0.3) is 22.3 Å². The maximum atomic E-state index is 12.9. The maximum absolute atomic E-state index is 12.9. The molecule has 7 nitrogen and oxygen atoms in total. The summed E-state index contributed by atoms with van der Waals surface area (Å²) >= 11 is 0. The monoisotopic (exact) mass is 394 g/mol. The van der Waals surface area contributed by atoms with Crippen LogP contribution in [0.15, 0.2) is 42.6 Å². The van der Waals surface area contributed by atoms with Crippen molar-refractivity contribution in [3.05, 3.63) is 48.2 Å². The molecule has 1 amide bonds. The molecule has 3 aromatic rings. The van der Waals surface area contributed by atoms with Crippen molar-refractivity contribution >= 4 is 22.9 Å². The van der Waals surface area contributed by atoms with Gasteiger partial charge in [0.2, 0.25) is 0 Å². The highest BCUT2D eigenvalue weighted by Crippen LogP contribution is 2.25. The number of hydrogen-bond donors (Lipinski definition) is 2. The van der Waals surface area contributed by atoms with Gasteiger partial charge in [-0.2, -0.15) is 5.10 Å². The van der Waals surface area contributed by atoms with Crippen molar-refractivity contribution in [1.29, 1.82) is 0 Å². The Morgan fingerprint density at radius 3 is 2.59 bits per heavy atom. The molecule has 0 fully saturated rings. The first-order chi connectivity index (χ1) is 14.1. The first-order valence-electron chi connectivity index (χ1n) is 10.0. The predicted molar refractivity (Wildman–Crippen MR) is 112 cm³/mol. The third-order valence-corrected chi connectivity index (χ3v) is 4.83. The van der Waals surface area contributed by atoms with E-state index in [4.69, 9.17) is 10.1 Å². The van der Waals surface area contributed by atoms with Gasteiger partial charge in [-0.15, -0.1) is 0 Å². The highest BCUT2D eigenvalue weighted by Gasteiger charge is 2.17. The molecule has 0 saturated carbocycles. The van der Waals surface area contributed by atoms with Gasteiger partial charge in [-0.05, 0) is 25.8 Å². The van der Waals surface area contributed by atoms with Crippen LogP contribution in [0.4, 0.5) is 0 Å². The van der Waals surface area contributed by atoms with E-state index in [-0.39, 0.29) is 12.3 Å². The fourth-order valence-electron chi connectivity index (χ4n) is 3.28. The van der Waals surface area contributed by atoms with Crippen molar-refractivity contribution in [2.45, 2.75) is 45.6 Å². The Kier molecular flexibility index (Phi) is 6.94. The summed E-state index contributed by atoms with van der Waals surface area (Å²) in [6.07, 6.45) is 5.13.